The van der Waals surface area contributed by atoms with E-state index in [1.54, 1.807) is 12.3 Å². The second-order valence-electron chi connectivity index (χ2n) is 12.0. The van der Waals surface area contributed by atoms with Crippen LogP contribution in [0, 0.1) is 5.41 Å². The van der Waals surface area contributed by atoms with E-state index in [-0.39, 0.29) is 0 Å². The fourth-order valence-corrected chi connectivity index (χ4v) is 7.26. The van der Waals surface area contributed by atoms with E-state index in [2.05, 4.69) is 145 Å². The minimum absolute atomic E-state index is 0.826. The molecule has 0 aliphatic carbocycles. The minimum Gasteiger partial charge on any atom is -0.404 e. The van der Waals surface area contributed by atoms with Crippen LogP contribution in [0.25, 0.3) is 82.1 Å². The summed E-state index contributed by atoms with van der Waals surface area (Å²) in [5, 5.41) is 17.3. The number of fused-ring (bicyclic) bond motifs is 7. The lowest BCUT2D eigenvalue weighted by Crippen LogP contribution is -1.96. The number of aromatic nitrogens is 1. The third-order valence-electron chi connectivity index (χ3n) is 9.48. The molecule has 3 N–H and O–H groups in total. The van der Waals surface area contributed by atoms with Crippen LogP contribution in [0.1, 0.15) is 11.1 Å². The topological polar surface area (TPSA) is 54.8 Å². The first-order chi connectivity index (χ1) is 23.6. The molecule has 0 fully saturated rings. The van der Waals surface area contributed by atoms with E-state index in [1.165, 1.54) is 27.8 Å². The Morgan fingerprint density at radius 1 is 0.625 bits per heavy atom. The molecular weight excluding hydrogens is 583 g/mol. The summed E-state index contributed by atoms with van der Waals surface area (Å²) in [6.07, 6.45) is 8.43. The highest BCUT2D eigenvalue weighted by molar-refractivity contribution is 6.21. The molecule has 1 heterocycles. The predicted octanol–water partition coefficient (Wildman–Crippen LogP) is 11.6. The fourth-order valence-electron chi connectivity index (χ4n) is 7.26. The van der Waals surface area contributed by atoms with Gasteiger partial charge in [0.2, 0.25) is 0 Å². The van der Waals surface area contributed by atoms with Crippen molar-refractivity contribution < 1.29 is 0 Å². The number of hydrogen-bond acceptors (Lipinski definition) is 2. The van der Waals surface area contributed by atoms with Crippen molar-refractivity contribution in [2.45, 2.75) is 0 Å². The molecular formula is C45H33N3. The van der Waals surface area contributed by atoms with Crippen molar-refractivity contribution in [3.8, 4) is 16.8 Å². The molecule has 8 rings (SSSR count). The first-order valence-corrected chi connectivity index (χ1v) is 16.0. The number of nitrogens with two attached hydrogens (primary N) is 1. The summed E-state index contributed by atoms with van der Waals surface area (Å²) < 4.78 is 2.44. The number of benzene rings is 7. The van der Waals surface area contributed by atoms with E-state index in [1.807, 2.05) is 12.2 Å². The molecule has 0 aliphatic heterocycles. The maximum atomic E-state index is 7.97. The summed E-state index contributed by atoms with van der Waals surface area (Å²) in [6.45, 7) is 7.83. The lowest BCUT2D eigenvalue weighted by Gasteiger charge is -2.15. The van der Waals surface area contributed by atoms with Crippen molar-refractivity contribution in [1.29, 1.82) is 5.41 Å². The highest BCUT2D eigenvalue weighted by Crippen LogP contribution is 2.42. The number of nitrogens with zero attached hydrogens (tertiary/aromatic N) is 1. The molecule has 0 aliphatic rings. The molecule has 3 nitrogen and oxygen atoms in total. The maximum absolute atomic E-state index is 7.97. The van der Waals surface area contributed by atoms with Gasteiger partial charge in [-0.1, -0.05) is 141 Å². The summed E-state index contributed by atoms with van der Waals surface area (Å²) in [4.78, 5) is 0. The molecule has 3 heteroatoms. The SMILES string of the molecule is C=C/C=C(\C=N)c1ccc2c(ccc3c4ccc(-c5ccc(/C(C=C)=C/N)c6ccccc56)cc4n(-c4cccc5ccccc45)c23)c1. The second kappa shape index (κ2) is 11.7. The van der Waals surface area contributed by atoms with Gasteiger partial charge < -0.3 is 15.7 Å². The van der Waals surface area contributed by atoms with Crippen LogP contribution in [0.4, 0.5) is 0 Å². The maximum Gasteiger partial charge on any atom is 0.0619 e. The summed E-state index contributed by atoms with van der Waals surface area (Å²) in [5.41, 5.74) is 15.5. The Labute approximate surface area is 279 Å². The van der Waals surface area contributed by atoms with Crippen LogP contribution in [-0.4, -0.2) is 10.8 Å². The van der Waals surface area contributed by atoms with Gasteiger partial charge in [-0.05, 0) is 73.1 Å². The molecule has 7 aromatic carbocycles. The van der Waals surface area contributed by atoms with Crippen molar-refractivity contribution in [2.24, 2.45) is 5.73 Å². The normalized spacial score (nSPS) is 12.3. The van der Waals surface area contributed by atoms with Gasteiger partial charge >= 0.3 is 0 Å². The van der Waals surface area contributed by atoms with E-state index in [0.29, 0.717) is 0 Å². The molecule has 8 aromatic rings. The van der Waals surface area contributed by atoms with Gasteiger partial charge in [-0.15, -0.1) is 0 Å². The van der Waals surface area contributed by atoms with Crippen LogP contribution >= 0.6 is 0 Å². The molecule has 0 radical (unpaired) electrons. The van der Waals surface area contributed by atoms with Gasteiger partial charge in [0.15, 0.2) is 0 Å². The molecule has 0 saturated carbocycles. The minimum atomic E-state index is 0.826. The van der Waals surface area contributed by atoms with Crippen LogP contribution in [0.5, 0.6) is 0 Å². The third-order valence-corrected chi connectivity index (χ3v) is 9.48. The standard InChI is InChI=1S/C45H33N3/c1-3-10-34(28-47)31-17-20-38-32(25-31)19-22-42-41-21-18-33(36-24-23-35(29(4-2)27-46)39-14-7-8-15-40(36)39)26-44(41)48(45(38)42)43-16-9-12-30-11-5-6-13-37(30)43/h3-28,47H,1-2,46H2/b29-27+,34-10+,47-28?. The van der Waals surface area contributed by atoms with Gasteiger partial charge in [0.25, 0.3) is 0 Å². The largest absolute Gasteiger partial charge is 0.404 e. The first kappa shape index (κ1) is 29.0. The number of allylic oxidation sites excluding steroid dienone is 5. The lowest BCUT2D eigenvalue weighted by atomic mass is 9.92. The first-order valence-electron chi connectivity index (χ1n) is 16.0. The fraction of sp³-hybridized carbons (Fsp3) is 0. The third kappa shape index (κ3) is 4.48. The highest BCUT2D eigenvalue weighted by Gasteiger charge is 2.19. The number of hydrogen-bond donors (Lipinski definition) is 2. The molecule has 0 bridgehead atoms. The van der Waals surface area contributed by atoms with Crippen LogP contribution < -0.4 is 5.73 Å². The molecule has 0 amide bonds. The number of rotatable bonds is 7. The second-order valence-corrected chi connectivity index (χ2v) is 12.0. The molecule has 0 atom stereocenters. The molecule has 0 unspecified atom stereocenters. The molecule has 0 spiro atoms. The van der Waals surface area contributed by atoms with E-state index in [4.69, 9.17) is 11.1 Å². The van der Waals surface area contributed by atoms with Gasteiger partial charge in [0.05, 0.1) is 16.7 Å². The van der Waals surface area contributed by atoms with E-state index in [9.17, 15) is 0 Å². The molecule has 0 saturated heterocycles. The van der Waals surface area contributed by atoms with Crippen LogP contribution in [0.15, 0.2) is 165 Å². The molecule has 48 heavy (non-hydrogen) atoms. The van der Waals surface area contributed by atoms with Crippen molar-refractivity contribution >= 4 is 71.5 Å². The lowest BCUT2D eigenvalue weighted by molar-refractivity contribution is 1.20. The Kier molecular flexibility index (Phi) is 7.08. The zero-order valence-electron chi connectivity index (χ0n) is 26.4. The Balaban J connectivity index is 1.47. The predicted molar refractivity (Wildman–Crippen MR) is 208 cm³/mol. The van der Waals surface area contributed by atoms with E-state index in [0.717, 1.165) is 71.7 Å². The van der Waals surface area contributed by atoms with Gasteiger partial charge in [0.1, 0.15) is 0 Å². The van der Waals surface area contributed by atoms with Gasteiger partial charge in [0, 0.05) is 34.0 Å². The Hall–Kier alpha value is -6.45. The summed E-state index contributed by atoms with van der Waals surface area (Å²) in [7, 11) is 0. The van der Waals surface area contributed by atoms with Crippen molar-refractivity contribution in [2.75, 3.05) is 0 Å². The molecule has 228 valence electrons. The Morgan fingerprint density at radius 3 is 2.17 bits per heavy atom. The Bertz CT molecular complexity index is 2680. The van der Waals surface area contributed by atoms with Crippen molar-refractivity contribution in [3.63, 3.8) is 0 Å². The smallest absolute Gasteiger partial charge is 0.0619 e. The van der Waals surface area contributed by atoms with Crippen LogP contribution in [-0.2, 0) is 0 Å². The monoisotopic (exact) mass is 615 g/mol. The van der Waals surface area contributed by atoms with Crippen LogP contribution in [0.2, 0.25) is 0 Å². The van der Waals surface area contributed by atoms with Crippen molar-refractivity contribution in [3.05, 3.63) is 176 Å². The highest BCUT2D eigenvalue weighted by atomic mass is 15.0. The number of nitrogens with one attached hydrogen (secondary N) is 1. The quantitative estimate of drug-likeness (QED) is 0.136. The van der Waals surface area contributed by atoms with Gasteiger partial charge in [-0.2, -0.15) is 0 Å². The summed E-state index contributed by atoms with van der Waals surface area (Å²) >= 11 is 0. The zero-order chi connectivity index (χ0) is 32.8. The molecule has 1 aromatic heterocycles. The summed E-state index contributed by atoms with van der Waals surface area (Å²) in [6, 6.07) is 45.8. The zero-order valence-corrected chi connectivity index (χ0v) is 26.4. The van der Waals surface area contributed by atoms with Crippen LogP contribution in [0.3, 0.4) is 0 Å². The van der Waals surface area contributed by atoms with Crippen molar-refractivity contribution in [1.82, 2.24) is 4.57 Å². The average molecular weight is 616 g/mol. The van der Waals surface area contributed by atoms with E-state index >= 15 is 0 Å². The van der Waals surface area contributed by atoms with Gasteiger partial charge in [-0.3, -0.25) is 0 Å². The Morgan fingerprint density at radius 2 is 1.38 bits per heavy atom. The van der Waals surface area contributed by atoms with Gasteiger partial charge in [-0.25, -0.2) is 0 Å². The van der Waals surface area contributed by atoms with E-state index < -0.39 is 0 Å². The summed E-state index contributed by atoms with van der Waals surface area (Å²) in [5.74, 6) is 0. The average Bonchev–Trinajstić information content (AvgIpc) is 3.47.